The number of hydrogen-bond donors (Lipinski definition) is 1. The molecule has 0 aliphatic heterocycles. The molecule has 1 N–H and O–H groups in total. The molecule has 0 saturated carbocycles. The second kappa shape index (κ2) is 13.2. The van der Waals surface area contributed by atoms with Crippen LogP contribution < -0.4 is 14.8 Å². The van der Waals surface area contributed by atoms with Gasteiger partial charge in [-0.2, -0.15) is 9.97 Å². The molecule has 1 aromatic carbocycles. The van der Waals surface area contributed by atoms with Crippen molar-refractivity contribution in [3.8, 4) is 12.0 Å². The van der Waals surface area contributed by atoms with Crippen molar-refractivity contribution in [1.82, 2.24) is 19.9 Å². The molecule has 1 amide bonds. The molecule has 0 saturated heterocycles. The molecule has 0 aliphatic rings. The zero-order chi connectivity index (χ0) is 24.9. The van der Waals surface area contributed by atoms with Crippen molar-refractivity contribution in [3.05, 3.63) is 71.8 Å². The summed E-state index contributed by atoms with van der Waals surface area (Å²) in [4.78, 5) is 50.6. The van der Waals surface area contributed by atoms with E-state index in [0.29, 0.717) is 23.4 Å². The van der Waals surface area contributed by atoms with Crippen LogP contribution in [-0.2, 0) is 9.59 Å². The smallest absolute Gasteiger partial charge is 0.316 e. The van der Waals surface area contributed by atoms with Gasteiger partial charge in [-0.1, -0.05) is 32.0 Å². The lowest BCUT2D eigenvalue weighted by Crippen LogP contribution is -2.23. The van der Waals surface area contributed by atoms with E-state index < -0.39 is 5.91 Å². The number of methoxy groups -OCH3 is 2. The monoisotopic (exact) mass is 463 g/mol. The number of ether oxygens (including phenoxy) is 2. The average molecular weight is 463 g/mol. The maximum atomic E-state index is 12.5. The van der Waals surface area contributed by atoms with Crippen LogP contribution in [0.1, 0.15) is 30.0 Å². The van der Waals surface area contributed by atoms with Crippen LogP contribution in [0.3, 0.4) is 0 Å². The van der Waals surface area contributed by atoms with Crippen LogP contribution in [0.5, 0.6) is 12.0 Å². The Morgan fingerprint density at radius 2 is 1.44 bits per heavy atom. The van der Waals surface area contributed by atoms with Crippen LogP contribution >= 0.6 is 0 Å². The Labute approximate surface area is 197 Å². The van der Waals surface area contributed by atoms with Gasteiger partial charge in [-0.05, 0) is 30.3 Å². The zero-order valence-corrected chi connectivity index (χ0v) is 19.3. The molecular formula is C24H25N5O5. The van der Waals surface area contributed by atoms with Crippen molar-refractivity contribution in [1.29, 1.82) is 0 Å². The first kappa shape index (κ1) is 25.8. The second-order valence-electron chi connectivity index (χ2n) is 6.95. The predicted molar refractivity (Wildman–Crippen MR) is 125 cm³/mol. The van der Waals surface area contributed by atoms with E-state index in [0.717, 1.165) is 0 Å². The van der Waals surface area contributed by atoms with Gasteiger partial charge in [-0.15, -0.1) is 0 Å². The summed E-state index contributed by atoms with van der Waals surface area (Å²) >= 11 is 0. The van der Waals surface area contributed by atoms with Gasteiger partial charge in [0.05, 0.1) is 25.5 Å². The van der Waals surface area contributed by atoms with E-state index in [1.54, 1.807) is 44.2 Å². The van der Waals surface area contributed by atoms with Gasteiger partial charge in [0.2, 0.25) is 0 Å². The fourth-order valence-electron chi connectivity index (χ4n) is 2.48. The van der Waals surface area contributed by atoms with Gasteiger partial charge in [0, 0.05) is 24.0 Å². The SMILES string of the molecule is COc1nccc(/C=C(\C(=O)Nc2ccccc2)C(=O)C(C)C)n1.COc1nccc(C=O)n1. The summed E-state index contributed by atoms with van der Waals surface area (Å²) in [5, 5.41) is 2.72. The lowest BCUT2D eigenvalue weighted by Gasteiger charge is -2.10. The van der Waals surface area contributed by atoms with Gasteiger partial charge in [-0.3, -0.25) is 14.4 Å². The summed E-state index contributed by atoms with van der Waals surface area (Å²) in [5.74, 6) is -1.06. The van der Waals surface area contributed by atoms with Crippen LogP contribution in [0.2, 0.25) is 0 Å². The molecule has 0 radical (unpaired) electrons. The molecule has 3 rings (SSSR count). The minimum atomic E-state index is -0.475. The number of aldehydes is 1. The quantitative estimate of drug-likeness (QED) is 0.231. The fraction of sp³-hybridized carbons (Fsp3) is 0.208. The molecule has 0 fully saturated rings. The maximum Gasteiger partial charge on any atom is 0.316 e. The fourth-order valence-corrected chi connectivity index (χ4v) is 2.48. The van der Waals surface area contributed by atoms with Crippen molar-refractivity contribution >= 4 is 29.7 Å². The van der Waals surface area contributed by atoms with E-state index in [1.165, 1.54) is 38.8 Å². The van der Waals surface area contributed by atoms with E-state index in [9.17, 15) is 14.4 Å². The number of anilines is 1. The molecule has 0 aliphatic carbocycles. The zero-order valence-electron chi connectivity index (χ0n) is 19.3. The summed E-state index contributed by atoms with van der Waals surface area (Å²) in [6.07, 6.45) is 5.06. The van der Waals surface area contributed by atoms with Crippen molar-refractivity contribution in [2.45, 2.75) is 13.8 Å². The van der Waals surface area contributed by atoms with Crippen LogP contribution in [0, 0.1) is 5.92 Å². The first-order valence-corrected chi connectivity index (χ1v) is 10.2. The molecule has 34 heavy (non-hydrogen) atoms. The third-order valence-electron chi connectivity index (χ3n) is 4.15. The number of rotatable bonds is 8. The van der Waals surface area contributed by atoms with Gasteiger partial charge < -0.3 is 14.8 Å². The maximum absolute atomic E-state index is 12.5. The molecule has 2 aromatic heterocycles. The largest absolute Gasteiger partial charge is 0.467 e. The molecule has 3 aromatic rings. The topological polar surface area (TPSA) is 133 Å². The van der Waals surface area contributed by atoms with E-state index in [4.69, 9.17) is 4.74 Å². The van der Waals surface area contributed by atoms with Gasteiger partial charge in [0.25, 0.3) is 5.91 Å². The Morgan fingerprint density at radius 1 is 0.882 bits per heavy atom. The standard InChI is InChI=1S/C18H19N3O3.C6H6N2O2/c1-12(2)16(22)15(11-14-9-10-19-18(21-14)24-3)17(23)20-13-7-5-4-6-8-13;1-10-6-7-3-2-5(4-9)8-6/h4-12H,1-3H3,(H,20,23);2-4H,1H3/b15-11-;. The number of amides is 1. The minimum Gasteiger partial charge on any atom is -0.467 e. The minimum absolute atomic E-state index is 0.0367. The van der Waals surface area contributed by atoms with Gasteiger partial charge >= 0.3 is 12.0 Å². The second-order valence-corrected chi connectivity index (χ2v) is 6.95. The third kappa shape index (κ3) is 7.90. The van der Waals surface area contributed by atoms with Gasteiger partial charge in [0.1, 0.15) is 5.69 Å². The summed E-state index contributed by atoms with van der Waals surface area (Å²) in [6, 6.07) is 12.5. The number of nitrogens with zero attached hydrogens (tertiary/aromatic N) is 4. The summed E-state index contributed by atoms with van der Waals surface area (Å²) in [5.41, 5.74) is 1.40. The molecule has 2 heterocycles. The normalized spacial score (nSPS) is 10.6. The van der Waals surface area contributed by atoms with Crippen LogP contribution in [0.15, 0.2) is 60.4 Å². The van der Waals surface area contributed by atoms with Crippen molar-refractivity contribution in [3.63, 3.8) is 0 Å². The highest BCUT2D eigenvalue weighted by Crippen LogP contribution is 2.15. The van der Waals surface area contributed by atoms with E-state index in [2.05, 4.69) is 30.0 Å². The highest BCUT2D eigenvalue weighted by Gasteiger charge is 2.21. The Balaban J connectivity index is 0.000000340. The first-order chi connectivity index (χ1) is 16.4. The number of carbonyl (C=O) groups excluding carboxylic acids is 3. The summed E-state index contributed by atoms with van der Waals surface area (Å²) < 4.78 is 9.64. The van der Waals surface area contributed by atoms with Crippen LogP contribution in [0.4, 0.5) is 5.69 Å². The third-order valence-corrected chi connectivity index (χ3v) is 4.15. The lowest BCUT2D eigenvalue weighted by molar-refractivity contribution is -0.121. The van der Waals surface area contributed by atoms with Crippen molar-refractivity contribution < 1.29 is 23.9 Å². The molecule has 0 unspecified atom stereocenters. The van der Waals surface area contributed by atoms with Crippen LogP contribution in [-0.4, -0.2) is 52.1 Å². The van der Waals surface area contributed by atoms with Crippen molar-refractivity contribution in [2.24, 2.45) is 5.92 Å². The number of ketones is 1. The Bertz CT molecular complexity index is 1150. The Morgan fingerprint density at radius 3 is 1.97 bits per heavy atom. The molecule has 0 spiro atoms. The predicted octanol–water partition coefficient (Wildman–Crippen LogP) is 3.03. The van der Waals surface area contributed by atoms with Crippen molar-refractivity contribution in [2.75, 3.05) is 19.5 Å². The number of para-hydroxylation sites is 1. The molecular weight excluding hydrogens is 438 g/mol. The Hall–Kier alpha value is -4.47. The summed E-state index contributed by atoms with van der Waals surface area (Å²) in [6.45, 7) is 3.49. The molecule has 0 bridgehead atoms. The molecule has 10 heteroatoms. The highest BCUT2D eigenvalue weighted by molar-refractivity contribution is 6.26. The van der Waals surface area contributed by atoms with E-state index in [1.807, 2.05) is 6.07 Å². The molecule has 176 valence electrons. The number of Topliss-reactive ketones (excluding diaryl/α,β-unsaturated/α-hetero) is 1. The van der Waals surface area contributed by atoms with Gasteiger partial charge in [0.15, 0.2) is 12.1 Å². The summed E-state index contributed by atoms with van der Waals surface area (Å²) in [7, 11) is 2.90. The van der Waals surface area contributed by atoms with Gasteiger partial charge in [-0.25, -0.2) is 9.97 Å². The highest BCUT2D eigenvalue weighted by atomic mass is 16.5. The van der Waals surface area contributed by atoms with Crippen LogP contribution in [0.25, 0.3) is 6.08 Å². The number of carbonyl (C=O) groups is 3. The lowest BCUT2D eigenvalue weighted by atomic mass is 9.99. The number of hydrogen-bond acceptors (Lipinski definition) is 9. The Kier molecular flexibility index (Phi) is 9.98. The van der Waals surface area contributed by atoms with E-state index in [-0.39, 0.29) is 29.3 Å². The number of nitrogens with one attached hydrogen (secondary N) is 1. The number of aromatic nitrogens is 4. The number of benzene rings is 1. The van der Waals surface area contributed by atoms with E-state index >= 15 is 0 Å². The first-order valence-electron chi connectivity index (χ1n) is 10.2. The molecule has 10 nitrogen and oxygen atoms in total. The average Bonchev–Trinajstić information content (AvgIpc) is 2.87. The molecule has 0 atom stereocenters.